The SMILES string of the molecule is C=C(OCC)c1ccc(Cl)nc1. The largest absolute Gasteiger partial charge is 0.494 e. The summed E-state index contributed by atoms with van der Waals surface area (Å²) in [6.07, 6.45) is 1.64. The van der Waals surface area contributed by atoms with Crippen LogP contribution in [0.4, 0.5) is 0 Å². The van der Waals surface area contributed by atoms with Crippen LogP contribution in [0.15, 0.2) is 24.9 Å². The Morgan fingerprint density at radius 3 is 2.92 bits per heavy atom. The quantitative estimate of drug-likeness (QED) is 0.531. The van der Waals surface area contributed by atoms with Gasteiger partial charge in [-0.1, -0.05) is 18.2 Å². The molecule has 0 saturated heterocycles. The third-order valence-electron chi connectivity index (χ3n) is 1.37. The highest BCUT2D eigenvalue weighted by Gasteiger charge is 1.98. The molecule has 0 aliphatic heterocycles. The van der Waals surface area contributed by atoms with E-state index in [1.54, 1.807) is 12.3 Å². The van der Waals surface area contributed by atoms with Crippen molar-refractivity contribution in [1.82, 2.24) is 4.98 Å². The van der Waals surface area contributed by atoms with Gasteiger partial charge in [0, 0.05) is 11.8 Å². The van der Waals surface area contributed by atoms with Crippen molar-refractivity contribution < 1.29 is 4.74 Å². The molecule has 0 N–H and O–H groups in total. The van der Waals surface area contributed by atoms with Crippen LogP contribution in [0, 0.1) is 0 Å². The van der Waals surface area contributed by atoms with Crippen LogP contribution < -0.4 is 0 Å². The number of ether oxygens (including phenoxy) is 1. The first-order chi connectivity index (χ1) is 5.74. The van der Waals surface area contributed by atoms with E-state index in [4.69, 9.17) is 16.3 Å². The molecule has 1 aromatic heterocycles. The molecule has 1 heterocycles. The zero-order valence-corrected chi connectivity index (χ0v) is 7.64. The maximum atomic E-state index is 5.61. The zero-order valence-electron chi connectivity index (χ0n) is 6.88. The second-order valence-corrected chi connectivity index (χ2v) is 2.61. The standard InChI is InChI=1S/C9H10ClNO/c1-3-12-7(2)8-4-5-9(10)11-6-8/h4-6H,2-3H2,1H3. The number of hydrogen-bond acceptors (Lipinski definition) is 2. The molecule has 0 aliphatic carbocycles. The van der Waals surface area contributed by atoms with Crippen LogP contribution in [0.2, 0.25) is 5.15 Å². The average molecular weight is 184 g/mol. The molecule has 0 bridgehead atoms. The topological polar surface area (TPSA) is 22.1 Å². The Balaban J connectivity index is 2.75. The number of aromatic nitrogens is 1. The van der Waals surface area contributed by atoms with E-state index in [9.17, 15) is 0 Å². The lowest BCUT2D eigenvalue weighted by Gasteiger charge is -2.05. The number of hydrogen-bond donors (Lipinski definition) is 0. The number of nitrogens with zero attached hydrogens (tertiary/aromatic N) is 1. The Kier molecular flexibility index (Phi) is 3.11. The minimum Gasteiger partial charge on any atom is -0.494 e. The first kappa shape index (κ1) is 9.07. The van der Waals surface area contributed by atoms with Crippen LogP contribution in [-0.2, 0) is 4.74 Å². The highest BCUT2D eigenvalue weighted by molar-refractivity contribution is 6.29. The van der Waals surface area contributed by atoms with Gasteiger partial charge >= 0.3 is 0 Å². The van der Waals surface area contributed by atoms with Crippen LogP contribution in [0.25, 0.3) is 5.76 Å². The van der Waals surface area contributed by atoms with Gasteiger partial charge in [0.1, 0.15) is 10.9 Å². The van der Waals surface area contributed by atoms with Crippen LogP contribution in [0.5, 0.6) is 0 Å². The van der Waals surface area contributed by atoms with Gasteiger partial charge in [0.05, 0.1) is 6.61 Å². The second-order valence-electron chi connectivity index (χ2n) is 2.23. The maximum absolute atomic E-state index is 5.61. The lowest BCUT2D eigenvalue weighted by atomic mass is 10.2. The molecule has 0 fully saturated rings. The van der Waals surface area contributed by atoms with Gasteiger partial charge in [-0.05, 0) is 19.1 Å². The molecule has 12 heavy (non-hydrogen) atoms. The Bertz CT molecular complexity index is 268. The zero-order chi connectivity index (χ0) is 8.97. The molecule has 0 unspecified atom stereocenters. The monoisotopic (exact) mass is 183 g/mol. The summed E-state index contributed by atoms with van der Waals surface area (Å²) in [6, 6.07) is 3.54. The van der Waals surface area contributed by atoms with Crippen molar-refractivity contribution in [3.8, 4) is 0 Å². The molecule has 1 aromatic rings. The smallest absolute Gasteiger partial charge is 0.129 e. The molecule has 64 valence electrons. The molecule has 0 aliphatic rings. The molecular weight excluding hydrogens is 174 g/mol. The van der Waals surface area contributed by atoms with E-state index in [-0.39, 0.29) is 0 Å². The van der Waals surface area contributed by atoms with E-state index in [1.165, 1.54) is 0 Å². The Labute approximate surface area is 76.8 Å². The maximum Gasteiger partial charge on any atom is 0.129 e. The first-order valence-corrected chi connectivity index (χ1v) is 4.05. The van der Waals surface area contributed by atoms with E-state index >= 15 is 0 Å². The van der Waals surface area contributed by atoms with E-state index in [0.717, 1.165) is 5.56 Å². The van der Waals surface area contributed by atoms with Crippen molar-refractivity contribution in [3.63, 3.8) is 0 Å². The summed E-state index contributed by atoms with van der Waals surface area (Å²) < 4.78 is 5.19. The molecule has 0 radical (unpaired) electrons. The lowest BCUT2D eigenvalue weighted by Crippen LogP contribution is -1.90. The summed E-state index contributed by atoms with van der Waals surface area (Å²) >= 11 is 5.61. The van der Waals surface area contributed by atoms with Crippen molar-refractivity contribution in [1.29, 1.82) is 0 Å². The van der Waals surface area contributed by atoms with E-state index in [2.05, 4.69) is 11.6 Å². The summed E-state index contributed by atoms with van der Waals surface area (Å²) in [5.41, 5.74) is 0.862. The third kappa shape index (κ3) is 2.24. The van der Waals surface area contributed by atoms with Crippen LogP contribution in [0.1, 0.15) is 12.5 Å². The minimum absolute atomic E-state index is 0.475. The number of rotatable bonds is 3. The van der Waals surface area contributed by atoms with Crippen LogP contribution >= 0.6 is 11.6 Å². The van der Waals surface area contributed by atoms with E-state index < -0.39 is 0 Å². The van der Waals surface area contributed by atoms with Crippen LogP contribution in [-0.4, -0.2) is 11.6 Å². The van der Waals surface area contributed by atoms with Gasteiger partial charge in [-0.25, -0.2) is 4.98 Å². The molecule has 1 rings (SSSR count). The summed E-state index contributed by atoms with van der Waals surface area (Å²) in [5, 5.41) is 0.475. The normalized spacial score (nSPS) is 9.50. The molecule has 0 aromatic carbocycles. The van der Waals surface area contributed by atoms with Crippen molar-refractivity contribution in [2.24, 2.45) is 0 Å². The van der Waals surface area contributed by atoms with Gasteiger partial charge in [0.15, 0.2) is 0 Å². The summed E-state index contributed by atoms with van der Waals surface area (Å²) in [4.78, 5) is 3.91. The fourth-order valence-corrected chi connectivity index (χ4v) is 0.910. The summed E-state index contributed by atoms with van der Waals surface area (Å²) in [7, 11) is 0. The molecule has 0 saturated carbocycles. The van der Waals surface area contributed by atoms with Gasteiger partial charge in [-0.2, -0.15) is 0 Å². The minimum atomic E-state index is 0.475. The molecule has 0 amide bonds. The van der Waals surface area contributed by atoms with Crippen LogP contribution in [0.3, 0.4) is 0 Å². The van der Waals surface area contributed by atoms with E-state index in [0.29, 0.717) is 17.5 Å². The first-order valence-electron chi connectivity index (χ1n) is 3.67. The van der Waals surface area contributed by atoms with Crippen molar-refractivity contribution in [2.75, 3.05) is 6.61 Å². The Hall–Kier alpha value is -1.02. The second kappa shape index (κ2) is 4.12. The highest BCUT2D eigenvalue weighted by Crippen LogP contribution is 2.13. The van der Waals surface area contributed by atoms with Crippen molar-refractivity contribution >= 4 is 17.4 Å². The van der Waals surface area contributed by atoms with Gasteiger partial charge in [0.2, 0.25) is 0 Å². The fourth-order valence-electron chi connectivity index (χ4n) is 0.798. The molecule has 0 spiro atoms. The molecular formula is C9H10ClNO. The molecule has 3 heteroatoms. The van der Waals surface area contributed by atoms with Gasteiger partial charge in [0.25, 0.3) is 0 Å². The third-order valence-corrected chi connectivity index (χ3v) is 1.59. The van der Waals surface area contributed by atoms with Crippen molar-refractivity contribution in [3.05, 3.63) is 35.6 Å². The Morgan fingerprint density at radius 2 is 2.42 bits per heavy atom. The molecule has 2 nitrogen and oxygen atoms in total. The highest BCUT2D eigenvalue weighted by atomic mass is 35.5. The average Bonchev–Trinajstić information content (AvgIpc) is 2.06. The van der Waals surface area contributed by atoms with Gasteiger partial charge < -0.3 is 4.74 Å². The Morgan fingerprint density at radius 1 is 1.67 bits per heavy atom. The molecule has 0 atom stereocenters. The number of pyridine rings is 1. The lowest BCUT2D eigenvalue weighted by molar-refractivity contribution is 0.299. The van der Waals surface area contributed by atoms with Gasteiger partial charge in [-0.3, -0.25) is 0 Å². The van der Waals surface area contributed by atoms with Gasteiger partial charge in [-0.15, -0.1) is 0 Å². The van der Waals surface area contributed by atoms with Crippen molar-refractivity contribution in [2.45, 2.75) is 6.92 Å². The predicted molar refractivity (Wildman–Crippen MR) is 49.9 cm³/mol. The fraction of sp³-hybridized carbons (Fsp3) is 0.222. The van der Waals surface area contributed by atoms with E-state index in [1.807, 2.05) is 13.0 Å². The summed E-state index contributed by atoms with van der Waals surface area (Å²) in [5.74, 6) is 0.627. The summed E-state index contributed by atoms with van der Waals surface area (Å²) in [6.45, 7) is 6.26. The predicted octanol–water partition coefficient (Wildman–Crippen LogP) is 2.74. The number of halogens is 1.